The molecule has 0 aromatic heterocycles. The second kappa shape index (κ2) is 12.9. The molecule has 0 heterocycles. The maximum atomic E-state index is 5.80. The molecule has 0 aromatic rings. The van der Waals surface area contributed by atoms with Crippen LogP contribution >= 0.6 is 0 Å². The number of rotatable bonds is 14. The SMILES string of the molecule is CCCCCCCOC(C)(C)OCCCCCCN. The van der Waals surface area contributed by atoms with Gasteiger partial charge in [0.1, 0.15) is 0 Å². The van der Waals surface area contributed by atoms with E-state index in [0.717, 1.165) is 39.0 Å². The van der Waals surface area contributed by atoms with Gasteiger partial charge in [-0.1, -0.05) is 45.4 Å². The van der Waals surface area contributed by atoms with E-state index in [2.05, 4.69) is 6.92 Å². The number of hydrogen-bond acceptors (Lipinski definition) is 3. The van der Waals surface area contributed by atoms with Crippen molar-refractivity contribution in [1.82, 2.24) is 0 Å². The molecule has 0 saturated carbocycles. The molecule has 3 nitrogen and oxygen atoms in total. The minimum atomic E-state index is -0.432. The molecule has 0 atom stereocenters. The minimum absolute atomic E-state index is 0.432. The fourth-order valence-electron chi connectivity index (χ4n) is 1.98. The van der Waals surface area contributed by atoms with Crippen LogP contribution in [0.15, 0.2) is 0 Å². The summed E-state index contributed by atoms with van der Waals surface area (Å²) < 4.78 is 11.6. The second-order valence-electron chi connectivity index (χ2n) is 5.71. The molecule has 0 unspecified atom stereocenters. The Morgan fingerprint density at radius 1 is 0.737 bits per heavy atom. The van der Waals surface area contributed by atoms with Crippen LogP contribution in [0.2, 0.25) is 0 Å². The van der Waals surface area contributed by atoms with E-state index in [1.165, 1.54) is 38.5 Å². The lowest BCUT2D eigenvalue weighted by Crippen LogP contribution is -2.29. The summed E-state index contributed by atoms with van der Waals surface area (Å²) in [6.45, 7) is 8.66. The van der Waals surface area contributed by atoms with Crippen LogP contribution in [0.4, 0.5) is 0 Å². The first-order valence-electron chi connectivity index (χ1n) is 8.10. The molecule has 0 aliphatic heterocycles. The maximum Gasteiger partial charge on any atom is 0.162 e. The lowest BCUT2D eigenvalue weighted by Gasteiger charge is -2.25. The number of unbranched alkanes of at least 4 members (excludes halogenated alkanes) is 7. The number of hydrogen-bond donors (Lipinski definition) is 1. The molecule has 19 heavy (non-hydrogen) atoms. The van der Waals surface area contributed by atoms with Gasteiger partial charge in [0.05, 0.1) is 0 Å². The molecule has 116 valence electrons. The Kier molecular flexibility index (Phi) is 12.8. The Morgan fingerprint density at radius 2 is 1.21 bits per heavy atom. The fourth-order valence-corrected chi connectivity index (χ4v) is 1.98. The van der Waals surface area contributed by atoms with Crippen LogP contribution in [0, 0.1) is 0 Å². The van der Waals surface area contributed by atoms with Crippen LogP contribution in [0.3, 0.4) is 0 Å². The molecular formula is C16H35NO2. The summed E-state index contributed by atoms with van der Waals surface area (Å²) in [5.74, 6) is -0.432. The van der Waals surface area contributed by atoms with Crippen molar-refractivity contribution in [3.8, 4) is 0 Å². The first-order valence-corrected chi connectivity index (χ1v) is 8.10. The van der Waals surface area contributed by atoms with Crippen LogP contribution in [0.5, 0.6) is 0 Å². The Balaban J connectivity index is 3.36. The average Bonchev–Trinajstić information content (AvgIpc) is 2.38. The maximum absolute atomic E-state index is 5.80. The third kappa shape index (κ3) is 14.1. The predicted molar refractivity (Wildman–Crippen MR) is 82.3 cm³/mol. The van der Waals surface area contributed by atoms with E-state index in [1.807, 2.05) is 13.8 Å². The van der Waals surface area contributed by atoms with Crippen molar-refractivity contribution in [2.24, 2.45) is 5.73 Å². The summed E-state index contributed by atoms with van der Waals surface area (Å²) in [6.07, 6.45) is 11.0. The summed E-state index contributed by atoms with van der Waals surface area (Å²) in [4.78, 5) is 0. The van der Waals surface area contributed by atoms with Gasteiger partial charge in [0.15, 0.2) is 5.79 Å². The Labute approximate surface area is 120 Å². The standard InChI is InChI=1S/C16H35NO2/c1-4-5-6-8-11-14-18-16(2,3)19-15-12-9-7-10-13-17/h4-15,17H2,1-3H3. The van der Waals surface area contributed by atoms with Gasteiger partial charge in [-0.2, -0.15) is 0 Å². The highest BCUT2D eigenvalue weighted by atomic mass is 16.7. The highest BCUT2D eigenvalue weighted by Gasteiger charge is 2.17. The Bertz CT molecular complexity index is 166. The molecule has 0 aliphatic carbocycles. The van der Waals surface area contributed by atoms with E-state index >= 15 is 0 Å². The monoisotopic (exact) mass is 273 g/mol. The minimum Gasteiger partial charge on any atom is -0.351 e. The molecular weight excluding hydrogens is 238 g/mol. The molecule has 0 fully saturated rings. The van der Waals surface area contributed by atoms with E-state index in [0.29, 0.717) is 0 Å². The zero-order valence-corrected chi connectivity index (χ0v) is 13.4. The zero-order chi connectivity index (χ0) is 14.4. The molecule has 0 saturated heterocycles. The van der Waals surface area contributed by atoms with Crippen LogP contribution in [-0.2, 0) is 9.47 Å². The largest absolute Gasteiger partial charge is 0.351 e. The molecule has 0 radical (unpaired) electrons. The third-order valence-electron chi connectivity index (χ3n) is 3.25. The van der Waals surface area contributed by atoms with Gasteiger partial charge in [0.25, 0.3) is 0 Å². The van der Waals surface area contributed by atoms with Gasteiger partial charge >= 0.3 is 0 Å². The Morgan fingerprint density at radius 3 is 1.68 bits per heavy atom. The van der Waals surface area contributed by atoms with Gasteiger partial charge in [-0.15, -0.1) is 0 Å². The van der Waals surface area contributed by atoms with E-state index < -0.39 is 5.79 Å². The first kappa shape index (κ1) is 18.9. The zero-order valence-electron chi connectivity index (χ0n) is 13.4. The molecule has 2 N–H and O–H groups in total. The lowest BCUT2D eigenvalue weighted by atomic mass is 10.2. The topological polar surface area (TPSA) is 44.5 Å². The van der Waals surface area contributed by atoms with Gasteiger partial charge in [0.2, 0.25) is 0 Å². The van der Waals surface area contributed by atoms with Crippen LogP contribution in [-0.4, -0.2) is 25.5 Å². The predicted octanol–water partition coefficient (Wildman–Crippen LogP) is 4.25. The van der Waals surface area contributed by atoms with Crippen molar-refractivity contribution in [2.45, 2.75) is 84.3 Å². The molecule has 0 aromatic carbocycles. The third-order valence-corrected chi connectivity index (χ3v) is 3.25. The summed E-state index contributed by atoms with van der Waals surface area (Å²) in [5.41, 5.74) is 5.46. The van der Waals surface area contributed by atoms with Crippen molar-refractivity contribution in [1.29, 1.82) is 0 Å². The smallest absolute Gasteiger partial charge is 0.162 e. The average molecular weight is 273 g/mol. The van der Waals surface area contributed by atoms with E-state index in [9.17, 15) is 0 Å². The lowest BCUT2D eigenvalue weighted by molar-refractivity contribution is -0.214. The van der Waals surface area contributed by atoms with Crippen LogP contribution in [0.1, 0.15) is 78.6 Å². The molecule has 0 rings (SSSR count). The van der Waals surface area contributed by atoms with Gasteiger partial charge < -0.3 is 15.2 Å². The molecule has 0 spiro atoms. The molecule has 0 amide bonds. The van der Waals surface area contributed by atoms with Crippen molar-refractivity contribution < 1.29 is 9.47 Å². The quantitative estimate of drug-likeness (QED) is 0.380. The van der Waals surface area contributed by atoms with Crippen LogP contribution < -0.4 is 5.73 Å². The number of ether oxygens (including phenoxy) is 2. The Hall–Kier alpha value is -0.120. The van der Waals surface area contributed by atoms with Crippen LogP contribution in [0.25, 0.3) is 0 Å². The van der Waals surface area contributed by atoms with Crippen molar-refractivity contribution >= 4 is 0 Å². The first-order chi connectivity index (χ1) is 9.12. The van der Waals surface area contributed by atoms with Crippen molar-refractivity contribution in [2.75, 3.05) is 19.8 Å². The van der Waals surface area contributed by atoms with Gasteiger partial charge in [0, 0.05) is 13.2 Å². The van der Waals surface area contributed by atoms with Crippen molar-refractivity contribution in [3.05, 3.63) is 0 Å². The normalized spacial score (nSPS) is 12.0. The van der Waals surface area contributed by atoms with E-state index in [-0.39, 0.29) is 0 Å². The van der Waals surface area contributed by atoms with Gasteiger partial charge in [-0.05, 0) is 39.7 Å². The summed E-state index contributed by atoms with van der Waals surface area (Å²) >= 11 is 0. The molecule has 0 bridgehead atoms. The van der Waals surface area contributed by atoms with E-state index in [4.69, 9.17) is 15.2 Å². The van der Waals surface area contributed by atoms with Crippen molar-refractivity contribution in [3.63, 3.8) is 0 Å². The van der Waals surface area contributed by atoms with Gasteiger partial charge in [-0.25, -0.2) is 0 Å². The highest BCUT2D eigenvalue weighted by Crippen LogP contribution is 2.14. The summed E-state index contributed by atoms with van der Waals surface area (Å²) in [5, 5.41) is 0. The van der Waals surface area contributed by atoms with Gasteiger partial charge in [-0.3, -0.25) is 0 Å². The number of nitrogens with two attached hydrogens (primary N) is 1. The highest BCUT2D eigenvalue weighted by molar-refractivity contribution is 4.55. The fraction of sp³-hybridized carbons (Fsp3) is 1.00. The second-order valence-corrected chi connectivity index (χ2v) is 5.71. The summed E-state index contributed by atoms with van der Waals surface area (Å²) in [7, 11) is 0. The summed E-state index contributed by atoms with van der Waals surface area (Å²) in [6, 6.07) is 0. The molecule has 3 heteroatoms. The van der Waals surface area contributed by atoms with E-state index in [1.54, 1.807) is 0 Å². The molecule has 0 aliphatic rings.